The van der Waals surface area contributed by atoms with E-state index in [0.717, 1.165) is 12.8 Å². The Labute approximate surface area is 60.5 Å². The standard InChI is InChI=1S/C7H13NO2/c1-2-3-6-5(8)4-7(9)10-6/h5-6H,2-4,8H2,1H3. The Kier molecular flexibility index (Phi) is 2.27. The minimum Gasteiger partial charge on any atom is -0.461 e. The SMILES string of the molecule is CCCC1OC(=O)CC1N. The molecule has 0 aromatic carbocycles. The zero-order valence-corrected chi connectivity index (χ0v) is 6.17. The van der Waals surface area contributed by atoms with Crippen LogP contribution < -0.4 is 5.73 Å². The van der Waals surface area contributed by atoms with E-state index in [9.17, 15) is 4.79 Å². The van der Waals surface area contributed by atoms with Crippen molar-refractivity contribution in [1.29, 1.82) is 0 Å². The molecular formula is C7H13NO2. The summed E-state index contributed by atoms with van der Waals surface area (Å²) in [5.74, 6) is -0.147. The van der Waals surface area contributed by atoms with Gasteiger partial charge < -0.3 is 10.5 Å². The quantitative estimate of drug-likeness (QED) is 0.570. The second-order valence-electron chi connectivity index (χ2n) is 2.68. The van der Waals surface area contributed by atoms with Crippen molar-refractivity contribution in [2.45, 2.75) is 38.3 Å². The molecule has 0 bridgehead atoms. The zero-order valence-electron chi connectivity index (χ0n) is 6.17. The van der Waals surface area contributed by atoms with Crippen molar-refractivity contribution in [3.8, 4) is 0 Å². The molecule has 0 aromatic heterocycles. The first-order chi connectivity index (χ1) is 4.74. The third-order valence-electron chi connectivity index (χ3n) is 1.74. The van der Waals surface area contributed by atoms with E-state index in [0.29, 0.717) is 6.42 Å². The lowest BCUT2D eigenvalue weighted by Crippen LogP contribution is -2.29. The summed E-state index contributed by atoms with van der Waals surface area (Å²) in [6.07, 6.45) is 2.29. The van der Waals surface area contributed by atoms with Crippen molar-refractivity contribution in [2.75, 3.05) is 0 Å². The number of hydrogen-bond acceptors (Lipinski definition) is 3. The molecular weight excluding hydrogens is 130 g/mol. The van der Waals surface area contributed by atoms with E-state index in [1.54, 1.807) is 0 Å². The Morgan fingerprint density at radius 2 is 2.50 bits per heavy atom. The first-order valence-corrected chi connectivity index (χ1v) is 3.69. The Morgan fingerprint density at radius 1 is 1.80 bits per heavy atom. The number of carbonyl (C=O) groups is 1. The lowest BCUT2D eigenvalue weighted by atomic mass is 10.1. The molecule has 1 aliphatic heterocycles. The van der Waals surface area contributed by atoms with Crippen LogP contribution in [0.1, 0.15) is 26.2 Å². The van der Waals surface area contributed by atoms with Gasteiger partial charge >= 0.3 is 5.97 Å². The van der Waals surface area contributed by atoms with E-state index in [-0.39, 0.29) is 18.1 Å². The molecule has 1 fully saturated rings. The lowest BCUT2D eigenvalue weighted by molar-refractivity contribution is -0.141. The summed E-state index contributed by atoms with van der Waals surface area (Å²) in [5.41, 5.74) is 5.61. The predicted octanol–water partition coefficient (Wildman–Crippen LogP) is 0.429. The maximum atomic E-state index is 10.6. The van der Waals surface area contributed by atoms with Crippen molar-refractivity contribution >= 4 is 5.97 Å². The number of nitrogens with two attached hydrogens (primary N) is 1. The molecule has 1 rings (SSSR count). The average molecular weight is 143 g/mol. The molecule has 0 amide bonds. The number of cyclic esters (lactones) is 1. The fraction of sp³-hybridized carbons (Fsp3) is 0.857. The Morgan fingerprint density at radius 3 is 2.90 bits per heavy atom. The Bertz CT molecular complexity index is 136. The van der Waals surface area contributed by atoms with Crippen LogP contribution in [0.25, 0.3) is 0 Å². The molecule has 10 heavy (non-hydrogen) atoms. The molecule has 3 nitrogen and oxygen atoms in total. The average Bonchev–Trinajstić information content (AvgIpc) is 2.13. The molecule has 2 unspecified atom stereocenters. The number of rotatable bonds is 2. The number of hydrogen-bond donors (Lipinski definition) is 1. The van der Waals surface area contributed by atoms with Gasteiger partial charge in [0.2, 0.25) is 0 Å². The summed E-state index contributed by atoms with van der Waals surface area (Å²) >= 11 is 0. The third-order valence-corrected chi connectivity index (χ3v) is 1.74. The zero-order chi connectivity index (χ0) is 7.56. The van der Waals surface area contributed by atoms with Crippen LogP contribution in [0.5, 0.6) is 0 Å². The van der Waals surface area contributed by atoms with Crippen molar-refractivity contribution in [3.63, 3.8) is 0 Å². The van der Waals surface area contributed by atoms with Crippen LogP contribution in [-0.2, 0) is 9.53 Å². The number of esters is 1. The summed E-state index contributed by atoms with van der Waals surface area (Å²) < 4.78 is 4.95. The van der Waals surface area contributed by atoms with Crippen LogP contribution in [0.4, 0.5) is 0 Å². The molecule has 1 saturated heterocycles. The van der Waals surface area contributed by atoms with Crippen LogP contribution in [0, 0.1) is 0 Å². The smallest absolute Gasteiger partial charge is 0.307 e. The van der Waals surface area contributed by atoms with Gasteiger partial charge in [-0.1, -0.05) is 13.3 Å². The minimum absolute atomic E-state index is 0.0162. The highest BCUT2D eigenvalue weighted by molar-refractivity contribution is 5.72. The van der Waals surface area contributed by atoms with Gasteiger partial charge in [0.05, 0.1) is 12.5 Å². The summed E-state index contributed by atoms with van der Waals surface area (Å²) in [6.45, 7) is 2.05. The van der Waals surface area contributed by atoms with Gasteiger partial charge in [-0.2, -0.15) is 0 Å². The highest BCUT2D eigenvalue weighted by atomic mass is 16.6. The van der Waals surface area contributed by atoms with Gasteiger partial charge in [-0.25, -0.2) is 0 Å². The lowest BCUT2D eigenvalue weighted by Gasteiger charge is -2.10. The number of carbonyl (C=O) groups excluding carboxylic acids is 1. The summed E-state index contributed by atoms with van der Waals surface area (Å²) in [4.78, 5) is 10.6. The maximum Gasteiger partial charge on any atom is 0.307 e. The van der Waals surface area contributed by atoms with Crippen molar-refractivity contribution < 1.29 is 9.53 Å². The van der Waals surface area contributed by atoms with E-state index in [1.165, 1.54) is 0 Å². The van der Waals surface area contributed by atoms with Gasteiger partial charge in [-0.05, 0) is 6.42 Å². The first kappa shape index (κ1) is 7.54. The molecule has 0 aromatic rings. The van der Waals surface area contributed by atoms with E-state index < -0.39 is 0 Å². The Balaban J connectivity index is 2.38. The van der Waals surface area contributed by atoms with Crippen LogP contribution in [0.3, 0.4) is 0 Å². The normalized spacial score (nSPS) is 32.4. The number of ether oxygens (including phenoxy) is 1. The first-order valence-electron chi connectivity index (χ1n) is 3.69. The van der Waals surface area contributed by atoms with Gasteiger partial charge in [0, 0.05) is 0 Å². The molecule has 3 heteroatoms. The van der Waals surface area contributed by atoms with Crippen LogP contribution in [-0.4, -0.2) is 18.1 Å². The molecule has 0 radical (unpaired) electrons. The second kappa shape index (κ2) is 3.01. The molecule has 0 aliphatic carbocycles. The fourth-order valence-corrected chi connectivity index (χ4v) is 1.19. The molecule has 2 N–H and O–H groups in total. The highest BCUT2D eigenvalue weighted by Crippen LogP contribution is 2.16. The van der Waals surface area contributed by atoms with Crippen LogP contribution in [0.15, 0.2) is 0 Å². The van der Waals surface area contributed by atoms with E-state index in [4.69, 9.17) is 10.5 Å². The molecule has 0 saturated carbocycles. The summed E-state index contributed by atoms with van der Waals surface area (Å²) in [6, 6.07) is -0.0625. The van der Waals surface area contributed by atoms with E-state index in [1.807, 2.05) is 0 Å². The molecule has 1 aliphatic rings. The van der Waals surface area contributed by atoms with Gasteiger partial charge in [-0.3, -0.25) is 4.79 Å². The molecule has 1 heterocycles. The predicted molar refractivity (Wildman–Crippen MR) is 37.4 cm³/mol. The third kappa shape index (κ3) is 1.48. The van der Waals surface area contributed by atoms with Gasteiger partial charge in [0.25, 0.3) is 0 Å². The summed E-state index contributed by atoms with van der Waals surface area (Å²) in [7, 11) is 0. The Hall–Kier alpha value is -0.570. The highest BCUT2D eigenvalue weighted by Gasteiger charge is 2.30. The minimum atomic E-state index is -0.147. The second-order valence-corrected chi connectivity index (χ2v) is 2.68. The van der Waals surface area contributed by atoms with Crippen molar-refractivity contribution in [1.82, 2.24) is 0 Å². The molecule has 58 valence electrons. The van der Waals surface area contributed by atoms with Crippen LogP contribution >= 0.6 is 0 Å². The van der Waals surface area contributed by atoms with Crippen molar-refractivity contribution in [3.05, 3.63) is 0 Å². The summed E-state index contributed by atoms with van der Waals surface area (Å²) in [5, 5.41) is 0. The van der Waals surface area contributed by atoms with Gasteiger partial charge in [0.15, 0.2) is 0 Å². The van der Waals surface area contributed by atoms with Crippen LogP contribution in [0.2, 0.25) is 0 Å². The molecule has 0 spiro atoms. The fourth-order valence-electron chi connectivity index (χ4n) is 1.19. The topological polar surface area (TPSA) is 52.3 Å². The monoisotopic (exact) mass is 143 g/mol. The van der Waals surface area contributed by atoms with Gasteiger partial charge in [-0.15, -0.1) is 0 Å². The van der Waals surface area contributed by atoms with Gasteiger partial charge in [0.1, 0.15) is 6.10 Å². The maximum absolute atomic E-state index is 10.6. The molecule has 2 atom stereocenters. The van der Waals surface area contributed by atoms with Crippen molar-refractivity contribution in [2.24, 2.45) is 5.73 Å². The van der Waals surface area contributed by atoms with E-state index >= 15 is 0 Å². The largest absolute Gasteiger partial charge is 0.461 e. The van der Waals surface area contributed by atoms with E-state index in [2.05, 4.69) is 6.92 Å².